The van der Waals surface area contributed by atoms with Gasteiger partial charge in [-0.05, 0) is 24.3 Å². The van der Waals surface area contributed by atoms with Crippen LogP contribution < -0.4 is 10.2 Å². The summed E-state index contributed by atoms with van der Waals surface area (Å²) in [5, 5.41) is 3.17. The Morgan fingerprint density at radius 3 is 2.57 bits per heavy atom. The molecule has 1 N–H and O–H groups in total. The van der Waals surface area contributed by atoms with E-state index in [2.05, 4.69) is 30.2 Å². The van der Waals surface area contributed by atoms with Crippen LogP contribution in [0.1, 0.15) is 0 Å². The average molecular weight is 402 g/mol. The molecule has 0 spiro atoms. The minimum atomic E-state index is -0.305. The molecule has 1 aliphatic heterocycles. The van der Waals surface area contributed by atoms with Crippen LogP contribution in [0.25, 0.3) is 22.2 Å². The van der Waals surface area contributed by atoms with Crippen LogP contribution in [0.3, 0.4) is 0 Å². The molecular formula is C22H19FN6O. The van der Waals surface area contributed by atoms with Crippen molar-refractivity contribution in [2.75, 3.05) is 36.5 Å². The third-order valence-corrected chi connectivity index (χ3v) is 4.98. The fourth-order valence-electron chi connectivity index (χ4n) is 3.47. The highest BCUT2D eigenvalue weighted by Gasteiger charge is 2.13. The summed E-state index contributed by atoms with van der Waals surface area (Å²) in [4.78, 5) is 20.0. The maximum Gasteiger partial charge on any atom is 0.227 e. The first kappa shape index (κ1) is 18.4. The summed E-state index contributed by atoms with van der Waals surface area (Å²) in [6, 6.07) is 12.3. The fourth-order valence-corrected chi connectivity index (χ4v) is 3.47. The summed E-state index contributed by atoms with van der Waals surface area (Å²) in [5.74, 6) is 1.00. The Balaban J connectivity index is 1.44. The number of fused-ring (bicyclic) bond motifs is 1. The number of hydrogen-bond acceptors (Lipinski definition) is 7. The zero-order valence-electron chi connectivity index (χ0n) is 16.1. The van der Waals surface area contributed by atoms with Gasteiger partial charge in [0.2, 0.25) is 5.95 Å². The monoisotopic (exact) mass is 402 g/mol. The van der Waals surface area contributed by atoms with Gasteiger partial charge in [-0.25, -0.2) is 19.3 Å². The number of aromatic nitrogens is 4. The number of nitrogens with one attached hydrogen (secondary N) is 1. The van der Waals surface area contributed by atoms with Crippen molar-refractivity contribution >= 4 is 28.5 Å². The van der Waals surface area contributed by atoms with E-state index in [1.54, 1.807) is 42.9 Å². The van der Waals surface area contributed by atoms with Gasteiger partial charge in [-0.2, -0.15) is 0 Å². The van der Waals surface area contributed by atoms with Gasteiger partial charge in [-0.3, -0.25) is 4.98 Å². The molecule has 5 rings (SSSR count). The first-order valence-electron chi connectivity index (χ1n) is 9.70. The minimum absolute atomic E-state index is 0.305. The first-order valence-corrected chi connectivity index (χ1v) is 9.70. The molecule has 1 aromatic carbocycles. The lowest BCUT2D eigenvalue weighted by molar-refractivity contribution is 0.122. The molecule has 0 bridgehead atoms. The lowest BCUT2D eigenvalue weighted by Gasteiger charge is -2.27. The highest BCUT2D eigenvalue weighted by Crippen LogP contribution is 2.29. The smallest absolute Gasteiger partial charge is 0.227 e. The molecule has 150 valence electrons. The first-order chi connectivity index (χ1) is 14.8. The predicted octanol–water partition coefficient (Wildman–Crippen LogP) is 3.81. The van der Waals surface area contributed by atoms with Gasteiger partial charge in [-0.1, -0.05) is 18.2 Å². The quantitative estimate of drug-likeness (QED) is 0.556. The average Bonchev–Trinajstić information content (AvgIpc) is 2.80. The second kappa shape index (κ2) is 8.00. The molecular weight excluding hydrogens is 383 g/mol. The Kier molecular flexibility index (Phi) is 4.90. The van der Waals surface area contributed by atoms with Crippen molar-refractivity contribution in [2.45, 2.75) is 0 Å². The Morgan fingerprint density at radius 1 is 0.900 bits per heavy atom. The fraction of sp³-hybridized carbons (Fsp3) is 0.182. The van der Waals surface area contributed by atoms with E-state index in [0.717, 1.165) is 24.6 Å². The Labute approximate surface area is 172 Å². The number of benzene rings is 1. The van der Waals surface area contributed by atoms with Crippen LogP contribution in [0.15, 0.2) is 61.1 Å². The number of anilines is 3. The van der Waals surface area contributed by atoms with Gasteiger partial charge in [-0.15, -0.1) is 0 Å². The highest BCUT2D eigenvalue weighted by atomic mass is 19.1. The van der Waals surface area contributed by atoms with Crippen LogP contribution in [0.4, 0.5) is 21.8 Å². The Morgan fingerprint density at radius 2 is 1.77 bits per heavy atom. The van der Waals surface area contributed by atoms with E-state index in [4.69, 9.17) is 4.74 Å². The summed E-state index contributed by atoms with van der Waals surface area (Å²) in [5.41, 5.74) is 3.10. The molecule has 1 saturated heterocycles. The van der Waals surface area contributed by atoms with Crippen molar-refractivity contribution in [1.82, 2.24) is 19.9 Å². The summed E-state index contributed by atoms with van der Waals surface area (Å²) < 4.78 is 19.7. The topological polar surface area (TPSA) is 76.1 Å². The van der Waals surface area contributed by atoms with Crippen LogP contribution >= 0.6 is 0 Å². The standard InChI is InChI=1S/C22H19FN6O/c23-18-4-2-1-3-16(18)17-7-8-24-19-14-26-22(28-21(17)19)27-15-5-6-20(25-13-15)29-9-11-30-12-10-29/h1-8,13-14H,9-12H2,(H,26,27,28). The van der Waals surface area contributed by atoms with Crippen molar-refractivity contribution in [1.29, 1.82) is 0 Å². The second-order valence-electron chi connectivity index (χ2n) is 6.90. The molecule has 3 aromatic heterocycles. The normalized spacial score (nSPS) is 14.1. The lowest BCUT2D eigenvalue weighted by atomic mass is 10.0. The van der Waals surface area contributed by atoms with E-state index in [1.807, 2.05) is 12.1 Å². The van der Waals surface area contributed by atoms with Crippen molar-refractivity contribution in [3.63, 3.8) is 0 Å². The van der Waals surface area contributed by atoms with Crippen molar-refractivity contribution in [3.05, 3.63) is 66.9 Å². The number of ether oxygens (including phenoxy) is 1. The maximum absolute atomic E-state index is 14.3. The molecule has 8 heteroatoms. The molecule has 0 saturated carbocycles. The van der Waals surface area contributed by atoms with Gasteiger partial charge < -0.3 is 15.0 Å². The third-order valence-electron chi connectivity index (χ3n) is 4.98. The molecule has 0 aliphatic carbocycles. The van der Waals surface area contributed by atoms with Gasteiger partial charge in [0, 0.05) is 30.4 Å². The summed E-state index contributed by atoms with van der Waals surface area (Å²) in [6.07, 6.45) is 5.01. The van der Waals surface area contributed by atoms with E-state index < -0.39 is 0 Å². The molecule has 0 atom stereocenters. The van der Waals surface area contributed by atoms with Crippen LogP contribution in [-0.4, -0.2) is 46.2 Å². The molecule has 0 amide bonds. The van der Waals surface area contributed by atoms with E-state index in [-0.39, 0.29) is 5.82 Å². The van der Waals surface area contributed by atoms with Crippen LogP contribution in [0, 0.1) is 5.82 Å². The van der Waals surface area contributed by atoms with E-state index >= 15 is 0 Å². The molecule has 0 radical (unpaired) electrons. The van der Waals surface area contributed by atoms with Crippen LogP contribution in [0.2, 0.25) is 0 Å². The van der Waals surface area contributed by atoms with Gasteiger partial charge >= 0.3 is 0 Å². The summed E-state index contributed by atoms with van der Waals surface area (Å²) in [6.45, 7) is 3.09. The van der Waals surface area contributed by atoms with Gasteiger partial charge in [0.15, 0.2) is 0 Å². The largest absolute Gasteiger partial charge is 0.378 e. The van der Waals surface area contributed by atoms with E-state index in [1.165, 1.54) is 6.07 Å². The van der Waals surface area contributed by atoms with E-state index in [0.29, 0.717) is 41.3 Å². The molecule has 0 unspecified atom stereocenters. The van der Waals surface area contributed by atoms with Gasteiger partial charge in [0.05, 0.1) is 31.3 Å². The van der Waals surface area contributed by atoms with Crippen LogP contribution in [0.5, 0.6) is 0 Å². The zero-order valence-corrected chi connectivity index (χ0v) is 16.1. The highest BCUT2D eigenvalue weighted by molar-refractivity contribution is 5.91. The Hall–Kier alpha value is -3.65. The van der Waals surface area contributed by atoms with Gasteiger partial charge in [0.1, 0.15) is 22.7 Å². The maximum atomic E-state index is 14.3. The third kappa shape index (κ3) is 3.65. The lowest BCUT2D eigenvalue weighted by Crippen LogP contribution is -2.36. The van der Waals surface area contributed by atoms with Crippen molar-refractivity contribution in [3.8, 4) is 11.1 Å². The summed E-state index contributed by atoms with van der Waals surface area (Å²) in [7, 11) is 0. The molecule has 7 nitrogen and oxygen atoms in total. The number of hydrogen-bond donors (Lipinski definition) is 1. The van der Waals surface area contributed by atoms with Gasteiger partial charge in [0.25, 0.3) is 0 Å². The number of pyridine rings is 2. The number of rotatable bonds is 4. The predicted molar refractivity (Wildman–Crippen MR) is 113 cm³/mol. The number of morpholine rings is 1. The molecule has 4 heterocycles. The molecule has 4 aromatic rings. The van der Waals surface area contributed by atoms with Crippen LogP contribution in [-0.2, 0) is 4.74 Å². The SMILES string of the molecule is Fc1ccccc1-c1ccnc2cnc(Nc3ccc(N4CCOCC4)nc3)nc12. The van der Waals surface area contributed by atoms with Crippen molar-refractivity contribution in [2.24, 2.45) is 0 Å². The molecule has 30 heavy (non-hydrogen) atoms. The van der Waals surface area contributed by atoms with E-state index in [9.17, 15) is 4.39 Å². The summed E-state index contributed by atoms with van der Waals surface area (Å²) >= 11 is 0. The number of nitrogens with zero attached hydrogens (tertiary/aromatic N) is 5. The van der Waals surface area contributed by atoms with Crippen molar-refractivity contribution < 1.29 is 9.13 Å². The second-order valence-corrected chi connectivity index (χ2v) is 6.90. The molecule has 1 fully saturated rings. The Bertz CT molecular complexity index is 1180. The molecule has 1 aliphatic rings. The zero-order chi connectivity index (χ0) is 20.3. The minimum Gasteiger partial charge on any atom is -0.378 e. The number of halogens is 1.